The van der Waals surface area contributed by atoms with Gasteiger partial charge in [0.05, 0.1) is 24.4 Å². The minimum Gasteiger partial charge on any atom is -0.481 e. The molecule has 0 aliphatic heterocycles. The normalized spacial score (nSPS) is 13.1. The van der Waals surface area contributed by atoms with E-state index in [4.69, 9.17) is 9.47 Å². The molecule has 0 amide bonds. The van der Waals surface area contributed by atoms with Crippen molar-refractivity contribution in [3.63, 3.8) is 0 Å². The molecule has 31 heavy (non-hydrogen) atoms. The average molecular weight is 447 g/mol. The predicted molar refractivity (Wildman–Crippen MR) is 112 cm³/mol. The third-order valence-electron chi connectivity index (χ3n) is 4.17. The van der Waals surface area contributed by atoms with Gasteiger partial charge in [-0.1, -0.05) is 36.4 Å². The van der Waals surface area contributed by atoms with Gasteiger partial charge in [-0.3, -0.25) is 19.7 Å². The fourth-order valence-corrected chi connectivity index (χ4v) is 3.48. The summed E-state index contributed by atoms with van der Waals surface area (Å²) in [6.07, 6.45) is -1.47. The van der Waals surface area contributed by atoms with Crippen molar-refractivity contribution in [2.45, 2.75) is 31.8 Å². The van der Waals surface area contributed by atoms with E-state index in [9.17, 15) is 29.6 Å². The number of nitro groups is 1. The first-order chi connectivity index (χ1) is 14.8. The van der Waals surface area contributed by atoms with E-state index in [1.54, 1.807) is 47.8 Å². The molecule has 1 aromatic heterocycles. The van der Waals surface area contributed by atoms with E-state index in [-0.39, 0.29) is 19.4 Å². The number of ether oxygens (including phenoxy) is 2. The zero-order valence-corrected chi connectivity index (χ0v) is 17.4. The van der Waals surface area contributed by atoms with E-state index >= 15 is 0 Å². The Morgan fingerprint density at radius 3 is 2.42 bits per heavy atom. The van der Waals surface area contributed by atoms with Crippen molar-refractivity contribution in [2.75, 3.05) is 6.61 Å². The highest BCUT2D eigenvalue weighted by atomic mass is 32.1. The van der Waals surface area contributed by atoms with Gasteiger partial charge in [-0.25, -0.2) is 4.79 Å². The minimum atomic E-state index is -1.88. The molecule has 164 valence electrons. The number of hydrogen-bond donors (Lipinski definition) is 1. The second-order valence-corrected chi connectivity index (χ2v) is 7.35. The summed E-state index contributed by atoms with van der Waals surface area (Å²) in [5.74, 6) is -3.88. The molecule has 0 bridgehead atoms. The topological polar surface area (TPSA) is 133 Å². The number of nitrogens with zero attached hydrogens (tertiary/aromatic N) is 1. The smallest absolute Gasteiger partial charge is 0.358 e. The van der Waals surface area contributed by atoms with Crippen LogP contribution in [0.4, 0.5) is 0 Å². The number of carbonyl (C=O) groups excluding carboxylic acids is 2. The fourth-order valence-electron chi connectivity index (χ4n) is 2.82. The second-order valence-electron chi connectivity index (χ2n) is 6.37. The summed E-state index contributed by atoms with van der Waals surface area (Å²) in [5.41, 5.74) is -0.0538. The van der Waals surface area contributed by atoms with Crippen LogP contribution in [0.25, 0.3) is 6.08 Å². The summed E-state index contributed by atoms with van der Waals surface area (Å²) >= 11 is 1.21. The number of aliphatic carboxylic acids is 1. The number of thiophene rings is 1. The number of benzene rings is 1. The Morgan fingerprint density at radius 2 is 1.87 bits per heavy atom. The molecule has 1 aromatic carbocycles. The maximum atomic E-state index is 12.6. The number of carboxylic acid groups (broad SMARTS) is 1. The molecule has 9 nitrogen and oxygen atoms in total. The number of carboxylic acids is 1. The van der Waals surface area contributed by atoms with Crippen LogP contribution in [0.1, 0.15) is 36.1 Å². The van der Waals surface area contributed by atoms with Gasteiger partial charge in [0, 0.05) is 16.9 Å². The van der Waals surface area contributed by atoms with Crippen LogP contribution in [0.2, 0.25) is 0 Å². The average Bonchev–Trinajstić information content (AvgIpc) is 3.23. The van der Waals surface area contributed by atoms with Crippen molar-refractivity contribution in [2.24, 2.45) is 0 Å². The molecule has 1 N–H and O–H groups in total. The number of carbonyl (C=O) groups is 3. The van der Waals surface area contributed by atoms with Gasteiger partial charge in [-0.05, 0) is 23.9 Å². The standard InChI is InChI=1S/C21H21NO8S/c1-2-29-21(26)20(17(22(27)28)13-16-9-6-10-31-16)30-19(25)12-15(11-18(23)24)14-7-4-3-5-8-14/h3-10,13,15,20H,2,11-12H2,1H3,(H,23,24)/b17-13-. The van der Waals surface area contributed by atoms with Crippen molar-refractivity contribution in [1.82, 2.24) is 0 Å². The Bertz CT molecular complexity index is 940. The van der Waals surface area contributed by atoms with E-state index in [1.807, 2.05) is 0 Å². The van der Waals surface area contributed by atoms with Crippen LogP contribution >= 0.6 is 11.3 Å². The first kappa shape index (κ1) is 23.7. The van der Waals surface area contributed by atoms with Crippen molar-refractivity contribution >= 4 is 35.3 Å². The van der Waals surface area contributed by atoms with Gasteiger partial charge >= 0.3 is 17.9 Å². The molecule has 0 saturated heterocycles. The highest BCUT2D eigenvalue weighted by Crippen LogP contribution is 2.25. The number of rotatable bonds is 11. The Kier molecular flexibility index (Phi) is 8.89. The summed E-state index contributed by atoms with van der Waals surface area (Å²) < 4.78 is 10.0. The third kappa shape index (κ3) is 7.34. The number of esters is 2. The lowest BCUT2D eigenvalue weighted by molar-refractivity contribution is -0.432. The van der Waals surface area contributed by atoms with Gasteiger partial charge in [0.2, 0.25) is 0 Å². The fraction of sp³-hybridized carbons (Fsp3) is 0.286. The van der Waals surface area contributed by atoms with Gasteiger partial charge in [0.1, 0.15) is 0 Å². The van der Waals surface area contributed by atoms with Crippen LogP contribution in [0, 0.1) is 10.1 Å². The summed E-state index contributed by atoms with van der Waals surface area (Å²) in [7, 11) is 0. The SMILES string of the molecule is CCOC(=O)C(OC(=O)CC(CC(=O)O)c1ccccc1)/C(=C/c1cccs1)[N+](=O)[O-]. The number of hydrogen-bond acceptors (Lipinski definition) is 8. The van der Waals surface area contributed by atoms with Crippen molar-refractivity contribution < 1.29 is 33.9 Å². The van der Waals surface area contributed by atoms with Gasteiger partial charge in [0.15, 0.2) is 0 Å². The van der Waals surface area contributed by atoms with Crippen LogP contribution in [-0.2, 0) is 23.9 Å². The molecule has 1 heterocycles. The molecule has 0 saturated carbocycles. The lowest BCUT2D eigenvalue weighted by atomic mass is 9.92. The molecule has 0 spiro atoms. The van der Waals surface area contributed by atoms with Crippen LogP contribution in [0.5, 0.6) is 0 Å². The van der Waals surface area contributed by atoms with Crippen LogP contribution in [-0.4, -0.2) is 40.6 Å². The van der Waals surface area contributed by atoms with E-state index < -0.39 is 40.6 Å². The van der Waals surface area contributed by atoms with Gasteiger partial charge in [-0.15, -0.1) is 11.3 Å². The second kappa shape index (κ2) is 11.6. The molecule has 0 radical (unpaired) electrons. The van der Waals surface area contributed by atoms with Crippen molar-refractivity contribution in [3.8, 4) is 0 Å². The first-order valence-electron chi connectivity index (χ1n) is 9.34. The summed E-state index contributed by atoms with van der Waals surface area (Å²) in [5, 5.41) is 22.5. The van der Waals surface area contributed by atoms with E-state index in [0.29, 0.717) is 10.4 Å². The van der Waals surface area contributed by atoms with Gasteiger partial charge in [0.25, 0.3) is 11.8 Å². The molecular formula is C21H21NO8S. The van der Waals surface area contributed by atoms with E-state index in [1.165, 1.54) is 18.3 Å². The maximum absolute atomic E-state index is 12.6. The lowest BCUT2D eigenvalue weighted by Gasteiger charge is -2.18. The summed E-state index contributed by atoms with van der Waals surface area (Å²) in [4.78, 5) is 47.5. The summed E-state index contributed by atoms with van der Waals surface area (Å²) in [6.45, 7) is 1.45. The largest absolute Gasteiger partial charge is 0.481 e. The van der Waals surface area contributed by atoms with Gasteiger partial charge < -0.3 is 14.6 Å². The zero-order chi connectivity index (χ0) is 22.8. The molecule has 2 atom stereocenters. The predicted octanol–water partition coefficient (Wildman–Crippen LogP) is 3.49. The summed E-state index contributed by atoms with van der Waals surface area (Å²) in [6, 6.07) is 11.8. The Hall–Kier alpha value is -3.53. The Balaban J connectivity index is 2.28. The zero-order valence-electron chi connectivity index (χ0n) is 16.6. The quantitative estimate of drug-likeness (QED) is 0.314. The Morgan fingerprint density at radius 1 is 1.16 bits per heavy atom. The molecular weight excluding hydrogens is 426 g/mol. The first-order valence-corrected chi connectivity index (χ1v) is 10.2. The van der Waals surface area contributed by atoms with Gasteiger partial charge in [-0.2, -0.15) is 0 Å². The molecule has 2 unspecified atom stereocenters. The molecule has 0 fully saturated rings. The lowest BCUT2D eigenvalue weighted by Crippen LogP contribution is -2.34. The van der Waals surface area contributed by atoms with Crippen LogP contribution < -0.4 is 0 Å². The van der Waals surface area contributed by atoms with E-state index in [0.717, 1.165) is 6.08 Å². The van der Waals surface area contributed by atoms with Crippen molar-refractivity contribution in [3.05, 3.63) is 74.1 Å². The Labute approximate surface area is 182 Å². The molecule has 2 rings (SSSR count). The van der Waals surface area contributed by atoms with E-state index in [2.05, 4.69) is 0 Å². The monoisotopic (exact) mass is 447 g/mol. The van der Waals surface area contributed by atoms with Crippen LogP contribution in [0.3, 0.4) is 0 Å². The van der Waals surface area contributed by atoms with Crippen molar-refractivity contribution in [1.29, 1.82) is 0 Å². The highest BCUT2D eigenvalue weighted by Gasteiger charge is 2.37. The molecule has 10 heteroatoms. The highest BCUT2D eigenvalue weighted by molar-refractivity contribution is 7.10. The third-order valence-corrected chi connectivity index (χ3v) is 4.99. The maximum Gasteiger partial charge on any atom is 0.358 e. The minimum absolute atomic E-state index is 0.0669. The molecule has 0 aliphatic carbocycles. The molecule has 2 aromatic rings. The molecule has 0 aliphatic rings. The van der Waals surface area contributed by atoms with Crippen LogP contribution in [0.15, 0.2) is 53.5 Å².